The van der Waals surface area contributed by atoms with Gasteiger partial charge in [0.15, 0.2) is 0 Å². The zero-order valence-electron chi connectivity index (χ0n) is 14.3. The van der Waals surface area contributed by atoms with Crippen LogP contribution in [0.1, 0.15) is 51.9 Å². The fraction of sp³-hybridized carbons (Fsp3) is 0.938. The van der Waals surface area contributed by atoms with Gasteiger partial charge in [0.1, 0.15) is 6.04 Å². The van der Waals surface area contributed by atoms with Gasteiger partial charge in [-0.15, -0.1) is 0 Å². The van der Waals surface area contributed by atoms with Crippen LogP contribution in [0.5, 0.6) is 0 Å². The number of ether oxygens (including phenoxy) is 1. The minimum Gasteiger partial charge on any atom is -0.376 e. The second kappa shape index (κ2) is 8.44. The van der Waals surface area contributed by atoms with E-state index in [1.54, 1.807) is 0 Å². The molecule has 134 valence electrons. The quantitative estimate of drug-likeness (QED) is 0.740. The van der Waals surface area contributed by atoms with Gasteiger partial charge in [0.05, 0.1) is 19.0 Å². The highest BCUT2D eigenvalue weighted by atomic mass is 32.2. The molecule has 1 saturated carbocycles. The van der Waals surface area contributed by atoms with E-state index in [1.165, 1.54) is 29.8 Å². The Morgan fingerprint density at radius 2 is 1.87 bits per heavy atom. The third kappa shape index (κ3) is 5.43. The highest BCUT2D eigenvalue weighted by Gasteiger charge is 2.34. The summed E-state index contributed by atoms with van der Waals surface area (Å²) in [6.45, 7) is 3.59. The topological polar surface area (TPSA) is 75.7 Å². The van der Waals surface area contributed by atoms with Gasteiger partial charge in [-0.25, -0.2) is 8.42 Å². The van der Waals surface area contributed by atoms with Crippen molar-refractivity contribution in [3.8, 4) is 0 Å². The van der Waals surface area contributed by atoms with Crippen molar-refractivity contribution in [2.24, 2.45) is 5.92 Å². The van der Waals surface area contributed by atoms with Crippen molar-refractivity contribution < 1.29 is 17.9 Å². The molecule has 3 atom stereocenters. The molecule has 1 aliphatic heterocycles. The SMILES string of the molecule is C[C@@H]1CCCC[C@@H]1OCCNC(=O)[C@@H]1CCCCN1S(C)(=O)=O. The van der Waals surface area contributed by atoms with Crippen LogP contribution in [-0.4, -0.2) is 56.7 Å². The molecule has 6 nitrogen and oxygen atoms in total. The first-order valence-corrected chi connectivity index (χ1v) is 10.6. The molecule has 0 radical (unpaired) electrons. The molecule has 0 aromatic rings. The molecular formula is C16H30N2O4S. The molecule has 1 saturated heterocycles. The molecule has 1 heterocycles. The molecule has 2 fully saturated rings. The van der Waals surface area contributed by atoms with Crippen LogP contribution < -0.4 is 5.32 Å². The van der Waals surface area contributed by atoms with Crippen LogP contribution >= 0.6 is 0 Å². The predicted molar refractivity (Wildman–Crippen MR) is 89.6 cm³/mol. The third-order valence-electron chi connectivity index (χ3n) is 4.95. The zero-order valence-corrected chi connectivity index (χ0v) is 15.1. The van der Waals surface area contributed by atoms with E-state index in [9.17, 15) is 13.2 Å². The standard InChI is InChI=1S/C16H30N2O4S/c1-13-7-3-4-9-15(13)22-12-10-17-16(19)14-8-5-6-11-18(14)23(2,20)21/h13-15H,3-12H2,1-2H3,(H,17,19)/t13-,14+,15+/m1/s1. The molecule has 2 aliphatic rings. The summed E-state index contributed by atoms with van der Waals surface area (Å²) >= 11 is 0. The van der Waals surface area contributed by atoms with Crippen molar-refractivity contribution in [2.75, 3.05) is 26.0 Å². The van der Waals surface area contributed by atoms with Gasteiger partial charge < -0.3 is 10.1 Å². The molecule has 0 unspecified atom stereocenters. The van der Waals surface area contributed by atoms with Crippen molar-refractivity contribution in [1.29, 1.82) is 0 Å². The molecule has 0 aromatic carbocycles. The lowest BCUT2D eigenvalue weighted by atomic mass is 9.88. The maximum Gasteiger partial charge on any atom is 0.238 e. The average Bonchev–Trinajstić information content (AvgIpc) is 2.52. The van der Waals surface area contributed by atoms with Crippen LogP contribution in [0.15, 0.2) is 0 Å². The van der Waals surface area contributed by atoms with E-state index >= 15 is 0 Å². The number of nitrogens with zero attached hydrogens (tertiary/aromatic N) is 1. The molecule has 0 aromatic heterocycles. The molecule has 23 heavy (non-hydrogen) atoms. The monoisotopic (exact) mass is 346 g/mol. The Labute approximate surface area is 140 Å². The van der Waals surface area contributed by atoms with Crippen molar-refractivity contribution in [1.82, 2.24) is 9.62 Å². The highest BCUT2D eigenvalue weighted by Crippen LogP contribution is 2.26. The Balaban J connectivity index is 1.75. The fourth-order valence-corrected chi connectivity index (χ4v) is 4.72. The van der Waals surface area contributed by atoms with E-state index < -0.39 is 16.1 Å². The van der Waals surface area contributed by atoms with Gasteiger partial charge in [-0.2, -0.15) is 4.31 Å². The second-order valence-electron chi connectivity index (χ2n) is 6.85. The molecular weight excluding hydrogens is 316 g/mol. The summed E-state index contributed by atoms with van der Waals surface area (Å²) in [4.78, 5) is 12.3. The van der Waals surface area contributed by atoms with Crippen molar-refractivity contribution in [3.63, 3.8) is 0 Å². The van der Waals surface area contributed by atoms with Crippen molar-refractivity contribution in [2.45, 2.75) is 64.0 Å². The summed E-state index contributed by atoms with van der Waals surface area (Å²) < 4.78 is 30.8. The molecule has 1 N–H and O–H groups in total. The van der Waals surface area contributed by atoms with Crippen molar-refractivity contribution >= 4 is 15.9 Å². The largest absolute Gasteiger partial charge is 0.376 e. The average molecular weight is 346 g/mol. The van der Waals surface area contributed by atoms with Gasteiger partial charge >= 0.3 is 0 Å². The maximum absolute atomic E-state index is 12.3. The lowest BCUT2D eigenvalue weighted by molar-refractivity contribution is -0.126. The lowest BCUT2D eigenvalue weighted by Gasteiger charge is -2.32. The Kier molecular flexibility index (Phi) is 6.85. The Hall–Kier alpha value is -0.660. The summed E-state index contributed by atoms with van der Waals surface area (Å²) in [6.07, 6.45) is 8.57. The van der Waals surface area contributed by atoms with Crippen LogP contribution in [0.4, 0.5) is 0 Å². The van der Waals surface area contributed by atoms with E-state index in [1.807, 2.05) is 0 Å². The van der Waals surface area contributed by atoms with Crippen molar-refractivity contribution in [3.05, 3.63) is 0 Å². The third-order valence-corrected chi connectivity index (χ3v) is 6.24. The number of amides is 1. The Morgan fingerprint density at radius 1 is 1.17 bits per heavy atom. The van der Waals surface area contributed by atoms with Gasteiger partial charge in [0.2, 0.25) is 15.9 Å². The van der Waals surface area contributed by atoms with Gasteiger partial charge in [0.25, 0.3) is 0 Å². The van der Waals surface area contributed by atoms with E-state index in [4.69, 9.17) is 4.74 Å². The van der Waals surface area contributed by atoms with E-state index in [2.05, 4.69) is 12.2 Å². The maximum atomic E-state index is 12.3. The van der Waals surface area contributed by atoms with Gasteiger partial charge in [-0.05, 0) is 31.6 Å². The minimum atomic E-state index is -3.33. The first-order chi connectivity index (χ1) is 10.9. The summed E-state index contributed by atoms with van der Waals surface area (Å²) in [6, 6.07) is -0.563. The van der Waals surface area contributed by atoms with Crippen LogP contribution in [0.25, 0.3) is 0 Å². The van der Waals surface area contributed by atoms with Crippen LogP contribution in [0, 0.1) is 5.92 Å². The first-order valence-electron chi connectivity index (χ1n) is 8.75. The van der Waals surface area contributed by atoms with E-state index in [0.717, 1.165) is 19.3 Å². The van der Waals surface area contributed by atoms with E-state index in [-0.39, 0.29) is 5.91 Å². The summed E-state index contributed by atoms with van der Waals surface area (Å²) in [5, 5.41) is 2.84. The second-order valence-corrected chi connectivity index (χ2v) is 8.78. The fourth-order valence-electron chi connectivity index (χ4n) is 3.60. The van der Waals surface area contributed by atoms with Crippen LogP contribution in [0.2, 0.25) is 0 Å². The Bertz CT molecular complexity index is 494. The normalized spacial score (nSPS) is 30.1. The van der Waals surface area contributed by atoms with Gasteiger partial charge in [0, 0.05) is 13.1 Å². The number of carbonyl (C=O) groups is 1. The number of carbonyl (C=O) groups excluding carboxylic acids is 1. The minimum absolute atomic E-state index is 0.199. The number of hydrogen-bond acceptors (Lipinski definition) is 4. The lowest BCUT2D eigenvalue weighted by Crippen LogP contribution is -2.52. The predicted octanol–water partition coefficient (Wildman–Crippen LogP) is 1.51. The number of nitrogens with one attached hydrogen (secondary N) is 1. The number of piperidine rings is 1. The smallest absolute Gasteiger partial charge is 0.238 e. The summed E-state index contributed by atoms with van der Waals surface area (Å²) in [7, 11) is -3.33. The molecule has 0 bridgehead atoms. The number of hydrogen-bond donors (Lipinski definition) is 1. The van der Waals surface area contributed by atoms with Gasteiger partial charge in [-0.3, -0.25) is 4.79 Å². The molecule has 2 rings (SSSR count). The molecule has 0 spiro atoms. The van der Waals surface area contributed by atoms with Crippen LogP contribution in [-0.2, 0) is 19.6 Å². The summed E-state index contributed by atoms with van der Waals surface area (Å²) in [5.41, 5.74) is 0. The molecule has 7 heteroatoms. The molecule has 1 aliphatic carbocycles. The molecule has 1 amide bonds. The highest BCUT2D eigenvalue weighted by molar-refractivity contribution is 7.88. The van der Waals surface area contributed by atoms with Crippen LogP contribution in [0.3, 0.4) is 0 Å². The number of rotatable bonds is 6. The van der Waals surface area contributed by atoms with E-state index in [0.29, 0.717) is 38.1 Å². The zero-order chi connectivity index (χ0) is 16.9. The first kappa shape index (κ1) is 18.7. The number of sulfonamides is 1. The Morgan fingerprint density at radius 3 is 2.57 bits per heavy atom. The van der Waals surface area contributed by atoms with Gasteiger partial charge in [-0.1, -0.05) is 26.2 Å². The summed E-state index contributed by atoms with van der Waals surface area (Å²) in [5.74, 6) is 0.383.